The SMILES string of the molecule is CCOC(=O)c1ccc(CC=C(c2cc(F)c(OC)c(F)c2)C(F)(F)F)cc1Br. The molecule has 0 amide bonds. The van der Waals surface area contributed by atoms with Crippen molar-refractivity contribution in [2.75, 3.05) is 13.7 Å². The second-order valence-corrected chi connectivity index (χ2v) is 6.68. The minimum absolute atomic E-state index is 0.180. The van der Waals surface area contributed by atoms with E-state index >= 15 is 0 Å². The summed E-state index contributed by atoms with van der Waals surface area (Å²) >= 11 is 3.19. The van der Waals surface area contributed by atoms with Crippen molar-refractivity contribution in [2.45, 2.75) is 19.5 Å². The van der Waals surface area contributed by atoms with Crippen molar-refractivity contribution < 1.29 is 36.2 Å². The summed E-state index contributed by atoms with van der Waals surface area (Å²) in [5, 5.41) is 0. The number of halogens is 6. The van der Waals surface area contributed by atoms with Crippen LogP contribution in [0.15, 0.2) is 40.9 Å². The molecule has 0 saturated carbocycles. The second-order valence-electron chi connectivity index (χ2n) is 5.83. The lowest BCUT2D eigenvalue weighted by atomic mass is 10.0. The Balaban J connectivity index is 2.38. The van der Waals surface area contributed by atoms with Gasteiger partial charge in [0.2, 0.25) is 0 Å². The molecule has 156 valence electrons. The van der Waals surface area contributed by atoms with E-state index in [9.17, 15) is 26.7 Å². The van der Waals surface area contributed by atoms with E-state index in [4.69, 9.17) is 4.74 Å². The van der Waals surface area contributed by atoms with Gasteiger partial charge in [-0.1, -0.05) is 12.1 Å². The maximum absolute atomic E-state index is 13.8. The van der Waals surface area contributed by atoms with Crippen LogP contribution < -0.4 is 4.74 Å². The van der Waals surface area contributed by atoms with Gasteiger partial charge in [-0.25, -0.2) is 13.6 Å². The van der Waals surface area contributed by atoms with E-state index in [1.807, 2.05) is 0 Å². The molecule has 2 aromatic carbocycles. The smallest absolute Gasteiger partial charge is 0.416 e. The largest absolute Gasteiger partial charge is 0.491 e. The lowest BCUT2D eigenvalue weighted by Gasteiger charge is -2.14. The van der Waals surface area contributed by atoms with E-state index in [-0.39, 0.29) is 18.6 Å². The van der Waals surface area contributed by atoms with Crippen molar-refractivity contribution in [1.29, 1.82) is 0 Å². The highest BCUT2D eigenvalue weighted by molar-refractivity contribution is 9.10. The maximum Gasteiger partial charge on any atom is 0.416 e. The van der Waals surface area contributed by atoms with Crippen LogP contribution in [0.1, 0.15) is 28.4 Å². The van der Waals surface area contributed by atoms with Gasteiger partial charge >= 0.3 is 12.1 Å². The second kappa shape index (κ2) is 9.39. The molecule has 0 N–H and O–H groups in total. The Morgan fingerprint density at radius 1 is 1.14 bits per heavy atom. The minimum atomic E-state index is -4.84. The average Bonchev–Trinajstić information content (AvgIpc) is 2.60. The Morgan fingerprint density at radius 2 is 1.76 bits per heavy atom. The fourth-order valence-electron chi connectivity index (χ4n) is 2.59. The Morgan fingerprint density at radius 3 is 2.24 bits per heavy atom. The molecular weight excluding hydrogens is 463 g/mol. The summed E-state index contributed by atoms with van der Waals surface area (Å²) in [6.45, 7) is 1.83. The van der Waals surface area contributed by atoms with Crippen LogP contribution in [-0.2, 0) is 11.2 Å². The molecule has 0 aliphatic rings. The van der Waals surface area contributed by atoms with Crippen molar-refractivity contribution in [3.05, 3.63) is 69.2 Å². The normalized spacial score (nSPS) is 12.1. The minimum Gasteiger partial charge on any atom is -0.491 e. The molecule has 0 aromatic heterocycles. The number of carbonyl (C=O) groups excluding carboxylic acids is 1. The molecule has 0 aliphatic carbocycles. The molecule has 0 bridgehead atoms. The number of hydrogen-bond donors (Lipinski definition) is 0. The van der Waals surface area contributed by atoms with Gasteiger partial charge < -0.3 is 9.47 Å². The van der Waals surface area contributed by atoms with Crippen LogP contribution in [0, 0.1) is 11.6 Å². The summed E-state index contributed by atoms with van der Waals surface area (Å²) < 4.78 is 77.8. The fourth-order valence-corrected chi connectivity index (χ4v) is 3.18. The molecule has 0 atom stereocenters. The van der Waals surface area contributed by atoms with Gasteiger partial charge in [0.15, 0.2) is 17.4 Å². The molecule has 0 radical (unpaired) electrons. The van der Waals surface area contributed by atoms with Crippen molar-refractivity contribution in [1.82, 2.24) is 0 Å². The zero-order chi connectivity index (χ0) is 21.8. The molecular formula is C20H16BrF5O3. The van der Waals surface area contributed by atoms with E-state index in [0.717, 1.165) is 13.2 Å². The molecule has 0 saturated heterocycles. The third kappa shape index (κ3) is 5.56. The molecule has 9 heteroatoms. The number of allylic oxidation sites excluding steroid dienone is 2. The lowest BCUT2D eigenvalue weighted by Crippen LogP contribution is -2.12. The molecule has 0 fully saturated rings. The summed E-state index contributed by atoms with van der Waals surface area (Å²) in [7, 11) is 1.01. The van der Waals surface area contributed by atoms with Gasteiger partial charge in [0.05, 0.1) is 24.9 Å². The molecule has 29 heavy (non-hydrogen) atoms. The van der Waals surface area contributed by atoms with Gasteiger partial charge in [0.25, 0.3) is 0 Å². The molecule has 0 spiro atoms. The zero-order valence-corrected chi connectivity index (χ0v) is 17.0. The highest BCUT2D eigenvalue weighted by atomic mass is 79.9. The monoisotopic (exact) mass is 478 g/mol. The standard InChI is InChI=1S/C20H16BrF5O3/c1-3-29-19(27)13-6-4-11(8-15(13)21)5-7-14(20(24,25)26)12-9-16(22)18(28-2)17(23)10-12/h4,6-10H,3,5H2,1-2H3. The number of esters is 1. The highest BCUT2D eigenvalue weighted by Crippen LogP contribution is 2.37. The molecule has 0 heterocycles. The van der Waals surface area contributed by atoms with Crippen molar-refractivity contribution in [3.8, 4) is 5.75 Å². The van der Waals surface area contributed by atoms with E-state index < -0.39 is 40.7 Å². The number of rotatable bonds is 6. The quantitative estimate of drug-likeness (QED) is 0.371. The molecule has 0 aliphatic heterocycles. The first-order valence-electron chi connectivity index (χ1n) is 8.34. The molecule has 2 rings (SSSR count). The first-order valence-corrected chi connectivity index (χ1v) is 9.14. The highest BCUT2D eigenvalue weighted by Gasteiger charge is 2.35. The van der Waals surface area contributed by atoms with E-state index in [0.29, 0.717) is 22.2 Å². The van der Waals surface area contributed by atoms with Crippen LogP contribution in [0.3, 0.4) is 0 Å². The lowest BCUT2D eigenvalue weighted by molar-refractivity contribution is -0.0690. The zero-order valence-electron chi connectivity index (χ0n) is 15.4. The Bertz CT molecular complexity index is 915. The van der Waals surface area contributed by atoms with E-state index in [1.54, 1.807) is 6.92 Å². The van der Waals surface area contributed by atoms with Crippen molar-refractivity contribution >= 4 is 27.5 Å². The molecule has 2 aromatic rings. The summed E-state index contributed by atoms with van der Waals surface area (Å²) in [6, 6.07) is 5.51. The predicted octanol–water partition coefficient (Wildman–Crippen LogP) is 6.10. The number of ether oxygens (including phenoxy) is 2. The van der Waals surface area contributed by atoms with Crippen molar-refractivity contribution in [2.24, 2.45) is 0 Å². The van der Waals surface area contributed by atoms with Crippen LogP contribution in [0.4, 0.5) is 22.0 Å². The van der Waals surface area contributed by atoms with Gasteiger partial charge in [-0.05, 0) is 64.7 Å². The van der Waals surface area contributed by atoms with Crippen LogP contribution in [0.5, 0.6) is 5.75 Å². The van der Waals surface area contributed by atoms with Gasteiger partial charge in [-0.2, -0.15) is 13.2 Å². The topological polar surface area (TPSA) is 35.5 Å². The summed E-state index contributed by atoms with van der Waals surface area (Å²) in [6.07, 6.45) is -4.20. The number of alkyl halides is 3. The Hall–Kier alpha value is -2.42. The number of carbonyl (C=O) groups is 1. The Labute approximate surface area is 172 Å². The predicted molar refractivity (Wildman–Crippen MR) is 101 cm³/mol. The number of methoxy groups -OCH3 is 1. The van der Waals surface area contributed by atoms with E-state index in [2.05, 4.69) is 20.7 Å². The average molecular weight is 479 g/mol. The number of hydrogen-bond acceptors (Lipinski definition) is 3. The van der Waals surface area contributed by atoms with E-state index in [1.165, 1.54) is 18.2 Å². The summed E-state index contributed by atoms with van der Waals surface area (Å²) in [5.74, 6) is -3.80. The molecule has 0 unspecified atom stereocenters. The van der Waals surface area contributed by atoms with Crippen LogP contribution in [-0.4, -0.2) is 25.9 Å². The van der Waals surface area contributed by atoms with Gasteiger partial charge in [0.1, 0.15) is 0 Å². The van der Waals surface area contributed by atoms with Crippen LogP contribution >= 0.6 is 15.9 Å². The van der Waals surface area contributed by atoms with Crippen molar-refractivity contribution in [3.63, 3.8) is 0 Å². The molecule has 3 nitrogen and oxygen atoms in total. The summed E-state index contributed by atoms with van der Waals surface area (Å²) in [4.78, 5) is 11.8. The maximum atomic E-state index is 13.8. The summed E-state index contributed by atoms with van der Waals surface area (Å²) in [5.41, 5.74) is -1.17. The van der Waals surface area contributed by atoms with Crippen LogP contribution in [0.2, 0.25) is 0 Å². The van der Waals surface area contributed by atoms with Gasteiger partial charge in [0, 0.05) is 4.47 Å². The third-order valence-electron chi connectivity index (χ3n) is 3.89. The first-order chi connectivity index (χ1) is 13.6. The van der Waals surface area contributed by atoms with Gasteiger partial charge in [-0.3, -0.25) is 0 Å². The number of benzene rings is 2. The van der Waals surface area contributed by atoms with Crippen LogP contribution in [0.25, 0.3) is 5.57 Å². The Kier molecular flexibility index (Phi) is 7.40. The fraction of sp³-hybridized carbons (Fsp3) is 0.250. The third-order valence-corrected chi connectivity index (χ3v) is 4.55. The first kappa shape index (κ1) is 22.9. The van der Waals surface area contributed by atoms with Gasteiger partial charge in [-0.15, -0.1) is 0 Å².